The summed E-state index contributed by atoms with van der Waals surface area (Å²) in [6.45, 7) is 4.94. The first-order valence-electron chi connectivity index (χ1n) is 11.0. The standard InChI is InChI=1S/C23H22ClF3N6O3/c1-13-11-36-6-5-32(13)22(35)15-3-4-19(28-10-15)33-20(29-12-30-33)14(2)31-21(34)16-7-17(23(25,26)27)9-18(24)8-16/h3-4,7-10,12-14H,5-6,11H2,1-2H3,(H,31,34)/t13-,14-/m0/s1. The van der Waals surface area contributed by atoms with Crippen molar-refractivity contribution in [1.29, 1.82) is 0 Å². The third kappa shape index (κ3) is 5.49. The van der Waals surface area contributed by atoms with Crippen LogP contribution < -0.4 is 5.32 Å². The molecule has 9 nitrogen and oxygen atoms in total. The van der Waals surface area contributed by atoms with Gasteiger partial charge in [-0.25, -0.2) is 9.97 Å². The molecule has 36 heavy (non-hydrogen) atoms. The largest absolute Gasteiger partial charge is 0.416 e. The molecule has 3 heterocycles. The third-order valence-electron chi connectivity index (χ3n) is 5.64. The van der Waals surface area contributed by atoms with Crippen molar-refractivity contribution in [2.45, 2.75) is 32.1 Å². The summed E-state index contributed by atoms with van der Waals surface area (Å²) in [5.74, 6) is -0.297. The molecule has 2 aromatic heterocycles. The van der Waals surface area contributed by atoms with Crippen LogP contribution in [0.1, 0.15) is 52.0 Å². The van der Waals surface area contributed by atoms with Gasteiger partial charge in [0.1, 0.15) is 6.33 Å². The first kappa shape index (κ1) is 25.6. The van der Waals surface area contributed by atoms with Crippen molar-refractivity contribution in [3.05, 3.63) is 70.4 Å². The van der Waals surface area contributed by atoms with Gasteiger partial charge in [-0.3, -0.25) is 9.59 Å². The number of halogens is 4. The maximum atomic E-state index is 13.1. The van der Waals surface area contributed by atoms with Crippen molar-refractivity contribution in [1.82, 2.24) is 30.0 Å². The van der Waals surface area contributed by atoms with Gasteiger partial charge >= 0.3 is 6.18 Å². The van der Waals surface area contributed by atoms with E-state index in [0.29, 0.717) is 31.1 Å². The number of rotatable bonds is 5. The second-order valence-electron chi connectivity index (χ2n) is 8.28. The van der Waals surface area contributed by atoms with Crippen molar-refractivity contribution in [2.75, 3.05) is 19.8 Å². The number of nitrogens with zero attached hydrogens (tertiary/aromatic N) is 5. The lowest BCUT2D eigenvalue weighted by atomic mass is 10.1. The van der Waals surface area contributed by atoms with Gasteiger partial charge in [-0.1, -0.05) is 11.6 Å². The molecular formula is C23H22ClF3N6O3. The Balaban J connectivity index is 1.50. The lowest BCUT2D eigenvalue weighted by molar-refractivity contribution is -0.137. The van der Waals surface area contributed by atoms with E-state index in [1.54, 1.807) is 24.0 Å². The van der Waals surface area contributed by atoms with Crippen LogP contribution in [0.2, 0.25) is 5.02 Å². The molecule has 13 heteroatoms. The number of carbonyl (C=O) groups excluding carboxylic acids is 2. The lowest BCUT2D eigenvalue weighted by Gasteiger charge is -2.33. The molecule has 0 unspecified atom stereocenters. The molecule has 1 saturated heterocycles. The van der Waals surface area contributed by atoms with Gasteiger partial charge in [0.05, 0.1) is 36.4 Å². The molecule has 0 bridgehead atoms. The minimum atomic E-state index is -4.65. The average molecular weight is 523 g/mol. The number of aromatic nitrogens is 4. The van der Waals surface area contributed by atoms with E-state index >= 15 is 0 Å². The summed E-state index contributed by atoms with van der Waals surface area (Å²) in [7, 11) is 0. The highest BCUT2D eigenvalue weighted by molar-refractivity contribution is 6.31. The van der Waals surface area contributed by atoms with Crippen LogP contribution >= 0.6 is 11.6 Å². The fourth-order valence-corrected chi connectivity index (χ4v) is 4.02. The average Bonchev–Trinajstić information content (AvgIpc) is 3.33. The number of pyridine rings is 1. The summed E-state index contributed by atoms with van der Waals surface area (Å²) in [6, 6.07) is 5.04. The lowest BCUT2D eigenvalue weighted by Crippen LogP contribution is -2.47. The highest BCUT2D eigenvalue weighted by atomic mass is 35.5. The van der Waals surface area contributed by atoms with E-state index in [1.807, 2.05) is 6.92 Å². The normalized spacial score (nSPS) is 17.1. The Labute approximate surface area is 209 Å². The van der Waals surface area contributed by atoms with Crippen LogP contribution in [-0.2, 0) is 10.9 Å². The molecule has 0 radical (unpaired) electrons. The fraction of sp³-hybridized carbons (Fsp3) is 0.348. The molecule has 2 amide bonds. The molecule has 190 valence electrons. The second-order valence-corrected chi connectivity index (χ2v) is 8.72. The van der Waals surface area contributed by atoms with Gasteiger partial charge in [-0.05, 0) is 44.2 Å². The summed E-state index contributed by atoms with van der Waals surface area (Å²) >= 11 is 5.79. The fourth-order valence-electron chi connectivity index (χ4n) is 3.78. The van der Waals surface area contributed by atoms with Crippen LogP contribution in [0.5, 0.6) is 0 Å². The van der Waals surface area contributed by atoms with E-state index in [9.17, 15) is 22.8 Å². The van der Waals surface area contributed by atoms with E-state index in [0.717, 1.165) is 18.2 Å². The molecule has 4 rings (SSSR count). The quantitative estimate of drug-likeness (QED) is 0.548. The number of amides is 2. The number of hydrogen-bond donors (Lipinski definition) is 1. The molecular weight excluding hydrogens is 501 g/mol. The van der Waals surface area contributed by atoms with Gasteiger partial charge in [0, 0.05) is 23.3 Å². The third-order valence-corrected chi connectivity index (χ3v) is 5.85. The minimum Gasteiger partial charge on any atom is -0.377 e. The molecule has 1 fully saturated rings. The molecule has 0 spiro atoms. The number of carbonyl (C=O) groups is 2. The van der Waals surface area contributed by atoms with Gasteiger partial charge in [0.15, 0.2) is 11.6 Å². The van der Waals surface area contributed by atoms with Crippen LogP contribution in [0.25, 0.3) is 5.82 Å². The van der Waals surface area contributed by atoms with Gasteiger partial charge in [0.25, 0.3) is 11.8 Å². The van der Waals surface area contributed by atoms with Crippen LogP contribution in [0.4, 0.5) is 13.2 Å². The monoisotopic (exact) mass is 522 g/mol. The number of ether oxygens (including phenoxy) is 1. The Morgan fingerprint density at radius 1 is 1.19 bits per heavy atom. The smallest absolute Gasteiger partial charge is 0.377 e. The second kappa shape index (κ2) is 10.2. The molecule has 0 saturated carbocycles. The molecule has 3 aromatic rings. The zero-order valence-corrected chi connectivity index (χ0v) is 20.0. The van der Waals surface area contributed by atoms with Crippen LogP contribution in [0.15, 0.2) is 42.9 Å². The summed E-state index contributed by atoms with van der Waals surface area (Å²) in [5.41, 5.74) is -0.871. The zero-order valence-electron chi connectivity index (χ0n) is 19.3. The summed E-state index contributed by atoms with van der Waals surface area (Å²) in [4.78, 5) is 35.7. The Morgan fingerprint density at radius 3 is 2.64 bits per heavy atom. The van der Waals surface area contributed by atoms with Crippen LogP contribution in [-0.4, -0.2) is 62.3 Å². The van der Waals surface area contributed by atoms with Gasteiger partial charge in [-0.2, -0.15) is 23.0 Å². The molecule has 1 aromatic carbocycles. The predicted octanol–water partition coefficient (Wildman–Crippen LogP) is 3.69. The molecule has 1 aliphatic rings. The van der Waals surface area contributed by atoms with Gasteiger partial charge < -0.3 is 15.0 Å². The Bertz CT molecular complexity index is 1260. The van der Waals surface area contributed by atoms with E-state index in [2.05, 4.69) is 20.4 Å². The van der Waals surface area contributed by atoms with E-state index in [4.69, 9.17) is 16.3 Å². The molecule has 1 N–H and O–H groups in total. The topological polar surface area (TPSA) is 102 Å². The minimum absolute atomic E-state index is 0.0518. The van der Waals surface area contributed by atoms with Crippen molar-refractivity contribution < 1.29 is 27.5 Å². The number of benzene rings is 1. The van der Waals surface area contributed by atoms with Gasteiger partial charge in [0.2, 0.25) is 0 Å². The highest BCUT2D eigenvalue weighted by Crippen LogP contribution is 2.32. The number of hydrogen-bond acceptors (Lipinski definition) is 6. The Hall–Kier alpha value is -3.51. The van der Waals surface area contributed by atoms with Crippen molar-refractivity contribution in [3.8, 4) is 5.82 Å². The van der Waals surface area contributed by atoms with Crippen molar-refractivity contribution in [3.63, 3.8) is 0 Å². The van der Waals surface area contributed by atoms with E-state index in [-0.39, 0.29) is 28.4 Å². The Kier molecular flexibility index (Phi) is 7.27. The maximum absolute atomic E-state index is 13.1. The van der Waals surface area contributed by atoms with Crippen LogP contribution in [0.3, 0.4) is 0 Å². The highest BCUT2D eigenvalue weighted by Gasteiger charge is 2.32. The SMILES string of the molecule is C[C@H](NC(=O)c1cc(Cl)cc(C(F)(F)F)c1)c1ncnn1-c1ccc(C(=O)N2CCOC[C@@H]2C)cn1. The molecule has 0 aliphatic carbocycles. The first-order chi connectivity index (χ1) is 17.0. The maximum Gasteiger partial charge on any atom is 0.416 e. The zero-order chi connectivity index (χ0) is 26.0. The first-order valence-corrected chi connectivity index (χ1v) is 11.4. The predicted molar refractivity (Wildman–Crippen MR) is 123 cm³/mol. The molecule has 2 atom stereocenters. The summed E-state index contributed by atoms with van der Waals surface area (Å²) in [5, 5.41) is 6.53. The van der Waals surface area contributed by atoms with E-state index in [1.165, 1.54) is 17.2 Å². The number of nitrogens with one attached hydrogen (secondary N) is 1. The summed E-state index contributed by atoms with van der Waals surface area (Å²) in [6.07, 6.45) is -1.96. The molecule has 1 aliphatic heterocycles. The number of alkyl halides is 3. The van der Waals surface area contributed by atoms with E-state index < -0.39 is 23.7 Å². The summed E-state index contributed by atoms with van der Waals surface area (Å²) < 4.78 is 46.0. The number of morpholine rings is 1. The van der Waals surface area contributed by atoms with Crippen molar-refractivity contribution >= 4 is 23.4 Å². The van der Waals surface area contributed by atoms with Crippen molar-refractivity contribution in [2.24, 2.45) is 0 Å². The Morgan fingerprint density at radius 2 is 1.97 bits per heavy atom. The van der Waals surface area contributed by atoms with Crippen LogP contribution in [0, 0.1) is 0 Å². The van der Waals surface area contributed by atoms with Gasteiger partial charge in [-0.15, -0.1) is 0 Å².